The van der Waals surface area contributed by atoms with E-state index in [1.807, 2.05) is 6.07 Å². The number of carbonyl (C=O) groups is 1. The molecular formula is C22H18ClN5O3. The largest absolute Gasteiger partial charge is 0.507 e. The van der Waals surface area contributed by atoms with Gasteiger partial charge in [-0.25, -0.2) is 4.68 Å². The zero-order chi connectivity index (χ0) is 22.0. The van der Waals surface area contributed by atoms with Gasteiger partial charge in [-0.05, 0) is 36.4 Å². The van der Waals surface area contributed by atoms with Crippen molar-refractivity contribution in [3.05, 3.63) is 83.3 Å². The maximum Gasteiger partial charge on any atom is 0.257 e. The lowest BCUT2D eigenvalue weighted by molar-refractivity contribution is 0.0780. The first-order valence-corrected chi connectivity index (χ1v) is 9.71. The summed E-state index contributed by atoms with van der Waals surface area (Å²) < 4.78 is 1.56. The van der Waals surface area contributed by atoms with Crippen LogP contribution in [0, 0.1) is 0 Å². The molecule has 4 rings (SSSR count). The van der Waals surface area contributed by atoms with Gasteiger partial charge in [-0.3, -0.25) is 4.79 Å². The van der Waals surface area contributed by atoms with Crippen LogP contribution in [0.25, 0.3) is 16.9 Å². The maximum atomic E-state index is 13.0. The van der Waals surface area contributed by atoms with Crippen LogP contribution in [0.15, 0.2) is 67.0 Å². The Bertz CT molecular complexity index is 1240. The van der Waals surface area contributed by atoms with Crippen molar-refractivity contribution in [1.82, 2.24) is 24.9 Å². The second-order valence-electron chi connectivity index (χ2n) is 6.84. The predicted molar refractivity (Wildman–Crippen MR) is 115 cm³/mol. The van der Waals surface area contributed by atoms with E-state index in [9.17, 15) is 15.0 Å². The second kappa shape index (κ2) is 8.45. The SMILES string of the molecule is CN(Cc1cccnn1)C(=O)c1cc(-c2ccnn2-c2ccccc2Cl)c(O)cc1O. The highest BCUT2D eigenvalue weighted by atomic mass is 35.5. The molecule has 31 heavy (non-hydrogen) atoms. The van der Waals surface area contributed by atoms with Crippen molar-refractivity contribution in [2.75, 3.05) is 7.05 Å². The monoisotopic (exact) mass is 435 g/mol. The van der Waals surface area contributed by atoms with E-state index in [0.29, 0.717) is 27.7 Å². The number of halogens is 1. The van der Waals surface area contributed by atoms with Gasteiger partial charge in [-0.1, -0.05) is 23.7 Å². The number of nitrogens with zero attached hydrogens (tertiary/aromatic N) is 5. The average Bonchev–Trinajstić information content (AvgIpc) is 3.23. The van der Waals surface area contributed by atoms with Crippen molar-refractivity contribution >= 4 is 17.5 Å². The van der Waals surface area contributed by atoms with Gasteiger partial charge >= 0.3 is 0 Å². The number of carbonyl (C=O) groups excluding carboxylic acids is 1. The third kappa shape index (κ3) is 4.06. The standard InChI is InChI=1S/C22H18ClN5O3/c1-27(13-14-5-4-9-24-26-14)22(31)16-11-15(20(29)12-21(16)30)18-8-10-25-28(18)19-7-3-2-6-17(19)23/h2-12,29-30H,13H2,1H3. The molecule has 0 radical (unpaired) electrons. The number of aromatic nitrogens is 4. The van der Waals surface area contributed by atoms with Gasteiger partial charge in [0.05, 0.1) is 40.4 Å². The van der Waals surface area contributed by atoms with Gasteiger partial charge in [0.15, 0.2) is 0 Å². The molecule has 2 aromatic carbocycles. The number of hydrogen-bond donors (Lipinski definition) is 2. The van der Waals surface area contributed by atoms with E-state index in [2.05, 4.69) is 15.3 Å². The molecule has 0 saturated heterocycles. The molecule has 2 heterocycles. The summed E-state index contributed by atoms with van der Waals surface area (Å²) in [5.41, 5.74) is 2.09. The molecule has 0 saturated carbocycles. The quantitative estimate of drug-likeness (QED) is 0.495. The van der Waals surface area contributed by atoms with Gasteiger partial charge in [-0.2, -0.15) is 15.3 Å². The molecule has 9 heteroatoms. The molecule has 2 aromatic heterocycles. The minimum Gasteiger partial charge on any atom is -0.507 e. The Morgan fingerprint density at radius 3 is 2.61 bits per heavy atom. The molecule has 0 aliphatic heterocycles. The molecule has 0 fully saturated rings. The number of hydrogen-bond acceptors (Lipinski definition) is 6. The number of phenols is 2. The average molecular weight is 436 g/mol. The van der Waals surface area contributed by atoms with Crippen LogP contribution in [0.4, 0.5) is 0 Å². The normalized spacial score (nSPS) is 10.8. The molecule has 0 bridgehead atoms. The third-order valence-electron chi connectivity index (χ3n) is 4.72. The topological polar surface area (TPSA) is 104 Å². The number of phenolic OH excluding ortho intramolecular Hbond substituents is 2. The van der Waals surface area contributed by atoms with Crippen molar-refractivity contribution < 1.29 is 15.0 Å². The lowest BCUT2D eigenvalue weighted by Gasteiger charge is -2.18. The smallest absolute Gasteiger partial charge is 0.257 e. The number of aromatic hydroxyl groups is 2. The molecule has 0 aliphatic carbocycles. The molecule has 8 nitrogen and oxygen atoms in total. The van der Waals surface area contributed by atoms with Crippen LogP contribution < -0.4 is 0 Å². The fourth-order valence-corrected chi connectivity index (χ4v) is 3.43. The Morgan fingerprint density at radius 2 is 1.87 bits per heavy atom. The third-order valence-corrected chi connectivity index (χ3v) is 5.04. The first-order valence-electron chi connectivity index (χ1n) is 9.33. The molecule has 0 aliphatic rings. The molecule has 0 spiro atoms. The van der Waals surface area contributed by atoms with E-state index in [0.717, 1.165) is 6.07 Å². The highest BCUT2D eigenvalue weighted by molar-refractivity contribution is 6.32. The molecule has 4 aromatic rings. The van der Waals surface area contributed by atoms with E-state index in [-0.39, 0.29) is 23.6 Å². The van der Waals surface area contributed by atoms with Gasteiger partial charge in [0.25, 0.3) is 5.91 Å². The Hall–Kier alpha value is -3.91. The number of benzene rings is 2. The number of rotatable bonds is 5. The van der Waals surface area contributed by atoms with Crippen LogP contribution >= 0.6 is 11.6 Å². The molecule has 156 valence electrons. The Balaban J connectivity index is 1.72. The highest BCUT2D eigenvalue weighted by Gasteiger charge is 2.22. The summed E-state index contributed by atoms with van der Waals surface area (Å²) in [5, 5.41) is 33.4. The summed E-state index contributed by atoms with van der Waals surface area (Å²) in [4.78, 5) is 14.4. The van der Waals surface area contributed by atoms with Crippen molar-refractivity contribution in [1.29, 1.82) is 0 Å². The summed E-state index contributed by atoms with van der Waals surface area (Å²) in [6.07, 6.45) is 3.11. The highest BCUT2D eigenvalue weighted by Crippen LogP contribution is 2.37. The molecule has 0 unspecified atom stereocenters. The van der Waals surface area contributed by atoms with Crippen LogP contribution in [-0.2, 0) is 6.54 Å². The summed E-state index contributed by atoms with van der Waals surface area (Å²) in [5.74, 6) is -0.964. The summed E-state index contributed by atoms with van der Waals surface area (Å²) in [6.45, 7) is 0.208. The maximum absolute atomic E-state index is 13.0. The van der Waals surface area contributed by atoms with Gasteiger partial charge in [0.1, 0.15) is 11.5 Å². The van der Waals surface area contributed by atoms with E-state index >= 15 is 0 Å². The van der Waals surface area contributed by atoms with Crippen molar-refractivity contribution in [3.63, 3.8) is 0 Å². The van der Waals surface area contributed by atoms with Crippen LogP contribution in [0.3, 0.4) is 0 Å². The lowest BCUT2D eigenvalue weighted by Crippen LogP contribution is -2.26. The fourth-order valence-electron chi connectivity index (χ4n) is 3.21. The molecule has 1 amide bonds. The predicted octanol–water partition coefficient (Wildman–Crippen LogP) is 3.67. The summed E-state index contributed by atoms with van der Waals surface area (Å²) in [6, 6.07) is 14.9. The molecule has 2 N–H and O–H groups in total. The summed E-state index contributed by atoms with van der Waals surface area (Å²) in [7, 11) is 1.59. The minimum absolute atomic E-state index is 0.0334. The second-order valence-corrected chi connectivity index (χ2v) is 7.25. The van der Waals surface area contributed by atoms with E-state index < -0.39 is 5.91 Å². The van der Waals surface area contributed by atoms with Crippen LogP contribution in [0.1, 0.15) is 16.1 Å². The van der Waals surface area contributed by atoms with E-state index in [1.165, 1.54) is 11.0 Å². The van der Waals surface area contributed by atoms with Gasteiger partial charge in [0.2, 0.25) is 0 Å². The van der Waals surface area contributed by atoms with E-state index in [4.69, 9.17) is 11.6 Å². The Labute approximate surface area is 183 Å². The lowest BCUT2D eigenvalue weighted by atomic mass is 10.0. The van der Waals surface area contributed by atoms with Crippen LogP contribution in [0.5, 0.6) is 11.5 Å². The van der Waals surface area contributed by atoms with Gasteiger partial charge in [-0.15, -0.1) is 0 Å². The fraction of sp³-hybridized carbons (Fsp3) is 0.0909. The molecular weight excluding hydrogens is 418 g/mol. The van der Waals surface area contributed by atoms with Gasteiger partial charge < -0.3 is 15.1 Å². The summed E-state index contributed by atoms with van der Waals surface area (Å²) >= 11 is 6.31. The van der Waals surface area contributed by atoms with E-state index in [1.54, 1.807) is 60.5 Å². The minimum atomic E-state index is -0.437. The zero-order valence-corrected chi connectivity index (χ0v) is 17.2. The number of amides is 1. The first-order chi connectivity index (χ1) is 15.0. The molecule has 0 atom stereocenters. The van der Waals surface area contributed by atoms with Crippen molar-refractivity contribution in [2.24, 2.45) is 0 Å². The first kappa shape index (κ1) is 20.4. The van der Waals surface area contributed by atoms with Crippen molar-refractivity contribution in [3.8, 4) is 28.4 Å². The number of para-hydroxylation sites is 1. The Morgan fingerprint density at radius 1 is 1.06 bits per heavy atom. The van der Waals surface area contributed by atoms with Gasteiger partial charge in [0, 0.05) is 24.9 Å². The zero-order valence-electron chi connectivity index (χ0n) is 16.5. The Kier molecular flexibility index (Phi) is 5.55. The van der Waals surface area contributed by atoms with Crippen LogP contribution in [-0.4, -0.2) is 48.0 Å². The van der Waals surface area contributed by atoms with Crippen LogP contribution in [0.2, 0.25) is 5.02 Å². The van der Waals surface area contributed by atoms with Crippen molar-refractivity contribution in [2.45, 2.75) is 6.54 Å².